The van der Waals surface area contributed by atoms with E-state index in [0.29, 0.717) is 6.54 Å². The molecule has 0 aliphatic carbocycles. The molecule has 0 aromatic carbocycles. The molecule has 100 valence electrons. The first-order chi connectivity index (χ1) is 8.07. The molecule has 0 rings (SSSR count). The van der Waals surface area contributed by atoms with Crippen molar-refractivity contribution in [1.29, 1.82) is 0 Å². The number of carbonyl (C=O) groups excluding carboxylic acids is 1. The number of methoxy groups -OCH3 is 1. The third-order valence-corrected chi connectivity index (χ3v) is 2.33. The van der Waals surface area contributed by atoms with Crippen molar-refractivity contribution in [3.8, 4) is 0 Å². The number of carboxylic acid groups (broad SMARTS) is 1. The molecule has 4 N–H and O–H groups in total. The molecule has 0 saturated heterocycles. The van der Waals surface area contributed by atoms with Gasteiger partial charge in [0.1, 0.15) is 0 Å². The molecule has 0 aliphatic heterocycles. The van der Waals surface area contributed by atoms with Gasteiger partial charge >= 0.3 is 5.97 Å². The van der Waals surface area contributed by atoms with Crippen molar-refractivity contribution in [2.75, 3.05) is 20.3 Å². The van der Waals surface area contributed by atoms with Crippen LogP contribution in [0.1, 0.15) is 32.1 Å². The summed E-state index contributed by atoms with van der Waals surface area (Å²) in [6.45, 7) is 1.30. The van der Waals surface area contributed by atoms with E-state index in [0.717, 1.165) is 25.9 Å². The standard InChI is InChI=1S/C11H22N2O4/c1-17-8-4-2-3-7-13-11(16)9(12)5-6-10(14)15/h9H,2-8,12H2,1H3,(H,13,16)(H,14,15). The topological polar surface area (TPSA) is 102 Å². The number of ether oxygens (including phenoxy) is 1. The number of carboxylic acids is 1. The highest BCUT2D eigenvalue weighted by Crippen LogP contribution is 1.96. The molecule has 1 unspecified atom stereocenters. The maximum atomic E-state index is 11.4. The number of rotatable bonds is 10. The zero-order valence-electron chi connectivity index (χ0n) is 10.3. The van der Waals surface area contributed by atoms with Crippen LogP contribution in [0.5, 0.6) is 0 Å². The highest BCUT2D eigenvalue weighted by molar-refractivity contribution is 5.82. The summed E-state index contributed by atoms with van der Waals surface area (Å²) in [5.41, 5.74) is 5.53. The highest BCUT2D eigenvalue weighted by Gasteiger charge is 2.13. The Morgan fingerprint density at radius 2 is 2.06 bits per heavy atom. The van der Waals surface area contributed by atoms with Gasteiger partial charge in [-0.05, 0) is 25.7 Å². The second-order valence-electron chi connectivity index (χ2n) is 3.88. The fourth-order valence-electron chi connectivity index (χ4n) is 1.30. The zero-order valence-corrected chi connectivity index (χ0v) is 10.3. The quantitative estimate of drug-likeness (QED) is 0.475. The van der Waals surface area contributed by atoms with Crippen LogP contribution in [-0.2, 0) is 14.3 Å². The molecule has 17 heavy (non-hydrogen) atoms. The number of hydrogen-bond acceptors (Lipinski definition) is 4. The lowest BCUT2D eigenvalue weighted by Gasteiger charge is -2.10. The number of nitrogens with two attached hydrogens (primary N) is 1. The predicted octanol–water partition coefficient (Wildman–Crippen LogP) is 0.111. The maximum absolute atomic E-state index is 11.4. The normalized spacial score (nSPS) is 12.1. The van der Waals surface area contributed by atoms with Crippen LogP contribution >= 0.6 is 0 Å². The highest BCUT2D eigenvalue weighted by atomic mass is 16.5. The van der Waals surface area contributed by atoms with E-state index in [1.807, 2.05) is 0 Å². The average Bonchev–Trinajstić information content (AvgIpc) is 2.30. The van der Waals surface area contributed by atoms with E-state index in [2.05, 4.69) is 5.32 Å². The van der Waals surface area contributed by atoms with Crippen LogP contribution in [0.25, 0.3) is 0 Å². The Hall–Kier alpha value is -1.14. The number of nitrogens with one attached hydrogen (secondary N) is 1. The van der Waals surface area contributed by atoms with E-state index in [1.54, 1.807) is 7.11 Å². The van der Waals surface area contributed by atoms with E-state index in [-0.39, 0.29) is 18.7 Å². The first-order valence-corrected chi connectivity index (χ1v) is 5.82. The van der Waals surface area contributed by atoms with Crippen molar-refractivity contribution < 1.29 is 19.4 Å². The maximum Gasteiger partial charge on any atom is 0.303 e. The molecular formula is C11H22N2O4. The van der Waals surface area contributed by atoms with Gasteiger partial charge in [0, 0.05) is 26.7 Å². The first-order valence-electron chi connectivity index (χ1n) is 5.82. The number of hydrogen-bond donors (Lipinski definition) is 3. The summed E-state index contributed by atoms with van der Waals surface area (Å²) >= 11 is 0. The van der Waals surface area contributed by atoms with Crippen molar-refractivity contribution in [3.05, 3.63) is 0 Å². The van der Waals surface area contributed by atoms with Gasteiger partial charge in [-0.25, -0.2) is 0 Å². The third-order valence-electron chi connectivity index (χ3n) is 2.33. The summed E-state index contributed by atoms with van der Waals surface area (Å²) in [6, 6.07) is -0.731. The minimum absolute atomic E-state index is 0.0809. The minimum Gasteiger partial charge on any atom is -0.481 e. The third kappa shape index (κ3) is 9.77. The van der Waals surface area contributed by atoms with Gasteiger partial charge in [-0.1, -0.05) is 0 Å². The fraction of sp³-hybridized carbons (Fsp3) is 0.818. The lowest BCUT2D eigenvalue weighted by Crippen LogP contribution is -2.41. The fourth-order valence-corrected chi connectivity index (χ4v) is 1.30. The van der Waals surface area contributed by atoms with Gasteiger partial charge < -0.3 is 20.9 Å². The molecule has 0 aromatic rings. The van der Waals surface area contributed by atoms with Gasteiger partial charge in [0.05, 0.1) is 6.04 Å². The predicted molar refractivity (Wildman–Crippen MR) is 63.6 cm³/mol. The Kier molecular flexibility index (Phi) is 9.37. The lowest BCUT2D eigenvalue weighted by atomic mass is 10.1. The van der Waals surface area contributed by atoms with Crippen LogP contribution in [0.2, 0.25) is 0 Å². The molecule has 6 nitrogen and oxygen atoms in total. The van der Waals surface area contributed by atoms with Crippen LogP contribution in [0.15, 0.2) is 0 Å². The monoisotopic (exact) mass is 246 g/mol. The van der Waals surface area contributed by atoms with Crippen LogP contribution in [-0.4, -0.2) is 43.3 Å². The Bertz CT molecular complexity index is 234. The van der Waals surface area contributed by atoms with E-state index in [4.69, 9.17) is 15.6 Å². The Morgan fingerprint density at radius 3 is 2.65 bits per heavy atom. The largest absolute Gasteiger partial charge is 0.481 e. The molecule has 0 radical (unpaired) electrons. The van der Waals surface area contributed by atoms with E-state index in [9.17, 15) is 9.59 Å². The van der Waals surface area contributed by atoms with Crippen molar-refractivity contribution >= 4 is 11.9 Å². The van der Waals surface area contributed by atoms with Crippen molar-refractivity contribution in [2.24, 2.45) is 5.73 Å². The molecule has 6 heteroatoms. The van der Waals surface area contributed by atoms with Gasteiger partial charge in [-0.2, -0.15) is 0 Å². The van der Waals surface area contributed by atoms with Crippen molar-refractivity contribution in [3.63, 3.8) is 0 Å². The first kappa shape index (κ1) is 15.9. The Morgan fingerprint density at radius 1 is 1.35 bits per heavy atom. The lowest BCUT2D eigenvalue weighted by molar-refractivity contribution is -0.137. The van der Waals surface area contributed by atoms with E-state index >= 15 is 0 Å². The minimum atomic E-state index is -0.937. The van der Waals surface area contributed by atoms with Crippen LogP contribution in [0.3, 0.4) is 0 Å². The molecule has 0 aliphatic rings. The summed E-state index contributed by atoms with van der Waals surface area (Å²) in [6.07, 6.45) is 2.92. The van der Waals surface area contributed by atoms with Crippen molar-refractivity contribution in [2.45, 2.75) is 38.1 Å². The Labute approximate surface area is 102 Å². The summed E-state index contributed by atoms with van der Waals surface area (Å²) in [5, 5.41) is 11.1. The zero-order chi connectivity index (χ0) is 13.1. The summed E-state index contributed by atoms with van der Waals surface area (Å²) in [5.74, 6) is -1.22. The number of carbonyl (C=O) groups is 2. The molecule has 0 fully saturated rings. The van der Waals surface area contributed by atoms with E-state index in [1.165, 1.54) is 0 Å². The van der Waals surface area contributed by atoms with Crippen LogP contribution in [0, 0.1) is 0 Å². The smallest absolute Gasteiger partial charge is 0.303 e. The SMILES string of the molecule is COCCCCCNC(=O)C(N)CCC(=O)O. The second kappa shape index (κ2) is 10.0. The average molecular weight is 246 g/mol. The Balaban J connectivity index is 3.47. The molecule has 0 aromatic heterocycles. The summed E-state index contributed by atoms with van der Waals surface area (Å²) < 4.78 is 4.90. The van der Waals surface area contributed by atoms with Gasteiger partial charge in [0.25, 0.3) is 0 Å². The summed E-state index contributed by atoms with van der Waals surface area (Å²) in [4.78, 5) is 21.7. The molecule has 0 heterocycles. The molecule has 1 atom stereocenters. The molecule has 0 spiro atoms. The number of unbranched alkanes of at least 4 members (excludes halogenated alkanes) is 2. The van der Waals surface area contributed by atoms with E-state index < -0.39 is 12.0 Å². The number of amides is 1. The molecule has 0 bridgehead atoms. The number of aliphatic carboxylic acids is 1. The summed E-state index contributed by atoms with van der Waals surface area (Å²) in [7, 11) is 1.66. The van der Waals surface area contributed by atoms with Gasteiger partial charge in [-0.15, -0.1) is 0 Å². The van der Waals surface area contributed by atoms with Crippen molar-refractivity contribution in [1.82, 2.24) is 5.32 Å². The van der Waals surface area contributed by atoms with Crippen LogP contribution in [0.4, 0.5) is 0 Å². The molecule has 1 amide bonds. The van der Waals surface area contributed by atoms with Gasteiger partial charge in [0.2, 0.25) is 5.91 Å². The molecular weight excluding hydrogens is 224 g/mol. The van der Waals surface area contributed by atoms with Gasteiger partial charge in [0.15, 0.2) is 0 Å². The van der Waals surface area contributed by atoms with Crippen LogP contribution < -0.4 is 11.1 Å². The second-order valence-corrected chi connectivity index (χ2v) is 3.88. The van der Waals surface area contributed by atoms with Gasteiger partial charge in [-0.3, -0.25) is 9.59 Å². The molecule has 0 saturated carbocycles.